The highest BCUT2D eigenvalue weighted by Crippen LogP contribution is 2.19. The van der Waals surface area contributed by atoms with E-state index in [1.807, 2.05) is 37.3 Å². The Balaban J connectivity index is 2.70. The van der Waals surface area contributed by atoms with E-state index in [1.165, 1.54) is 6.26 Å². The molecule has 96 valence electrons. The van der Waals surface area contributed by atoms with Gasteiger partial charge in [0.25, 0.3) is 0 Å². The van der Waals surface area contributed by atoms with Crippen molar-refractivity contribution in [1.82, 2.24) is 5.32 Å². The van der Waals surface area contributed by atoms with Gasteiger partial charge in [-0.05, 0) is 12.5 Å². The topological polar surface area (TPSA) is 66.4 Å². The zero-order valence-electron chi connectivity index (χ0n) is 10.2. The molecule has 0 heterocycles. The van der Waals surface area contributed by atoms with Crippen LogP contribution in [0.1, 0.15) is 12.5 Å². The van der Waals surface area contributed by atoms with E-state index in [0.29, 0.717) is 6.54 Å². The minimum absolute atomic E-state index is 0.0649. The molecule has 1 atom stereocenters. The molecule has 0 aromatic heterocycles. The molecule has 1 aromatic rings. The molecule has 0 amide bonds. The summed E-state index contributed by atoms with van der Waals surface area (Å²) in [6.07, 6.45) is 1.20. The predicted molar refractivity (Wildman–Crippen MR) is 68.6 cm³/mol. The van der Waals surface area contributed by atoms with Crippen LogP contribution in [0.15, 0.2) is 30.3 Å². The quantitative estimate of drug-likeness (QED) is 0.780. The highest BCUT2D eigenvalue weighted by Gasteiger charge is 2.24. The molecule has 0 radical (unpaired) electrons. The van der Waals surface area contributed by atoms with E-state index in [4.69, 9.17) is 0 Å². The van der Waals surface area contributed by atoms with Crippen molar-refractivity contribution in [1.29, 1.82) is 0 Å². The van der Waals surface area contributed by atoms with Gasteiger partial charge >= 0.3 is 0 Å². The standard InChI is InChI=1S/C12H19NO3S/c1-12(10-14,11-6-4-3-5-7-11)13-8-9-17(2,15)16/h3-7,13-14H,8-10H2,1-2H3. The summed E-state index contributed by atoms with van der Waals surface area (Å²) in [5, 5.41) is 12.5. The average molecular weight is 257 g/mol. The lowest BCUT2D eigenvalue weighted by Crippen LogP contribution is -2.44. The molecular weight excluding hydrogens is 238 g/mol. The SMILES string of the molecule is CC(CO)(NCCS(C)(=O)=O)c1ccccc1. The molecule has 0 aliphatic carbocycles. The molecule has 0 bridgehead atoms. The van der Waals surface area contributed by atoms with Crippen LogP contribution in [0.5, 0.6) is 0 Å². The predicted octanol–water partition coefficient (Wildman–Crippen LogP) is 0.528. The Kier molecular flexibility index (Phi) is 4.68. The van der Waals surface area contributed by atoms with Gasteiger partial charge in [-0.1, -0.05) is 30.3 Å². The monoisotopic (exact) mass is 257 g/mol. The van der Waals surface area contributed by atoms with Gasteiger partial charge < -0.3 is 10.4 Å². The van der Waals surface area contributed by atoms with Crippen molar-refractivity contribution in [2.45, 2.75) is 12.5 Å². The number of hydrogen-bond donors (Lipinski definition) is 2. The highest BCUT2D eigenvalue weighted by atomic mass is 32.2. The van der Waals surface area contributed by atoms with Gasteiger partial charge in [0, 0.05) is 12.8 Å². The summed E-state index contributed by atoms with van der Waals surface area (Å²) in [6, 6.07) is 9.49. The molecule has 0 saturated heterocycles. The summed E-state index contributed by atoms with van der Waals surface area (Å²) in [5.41, 5.74) is 0.336. The number of rotatable bonds is 6. The first-order valence-corrected chi connectivity index (χ1v) is 7.52. The molecular formula is C12H19NO3S. The number of aliphatic hydroxyl groups is 1. The van der Waals surface area contributed by atoms with Crippen LogP contribution < -0.4 is 5.32 Å². The Bertz CT molecular complexity index is 444. The molecule has 5 heteroatoms. The van der Waals surface area contributed by atoms with Crippen LogP contribution in [-0.4, -0.2) is 38.7 Å². The van der Waals surface area contributed by atoms with E-state index in [0.717, 1.165) is 5.56 Å². The second kappa shape index (κ2) is 5.62. The molecule has 0 aliphatic heterocycles. The van der Waals surface area contributed by atoms with Gasteiger partial charge in [0.1, 0.15) is 9.84 Å². The third kappa shape index (κ3) is 4.46. The van der Waals surface area contributed by atoms with Crippen molar-refractivity contribution in [3.05, 3.63) is 35.9 Å². The summed E-state index contributed by atoms with van der Waals surface area (Å²) in [5.74, 6) is 0.0649. The maximum Gasteiger partial charge on any atom is 0.148 e. The van der Waals surface area contributed by atoms with Crippen molar-refractivity contribution >= 4 is 9.84 Å². The lowest BCUT2D eigenvalue weighted by molar-refractivity contribution is 0.177. The van der Waals surface area contributed by atoms with Crippen molar-refractivity contribution < 1.29 is 13.5 Å². The van der Waals surface area contributed by atoms with Crippen LogP contribution >= 0.6 is 0 Å². The smallest absolute Gasteiger partial charge is 0.148 e. The number of sulfone groups is 1. The molecule has 1 unspecified atom stereocenters. The Morgan fingerprint density at radius 1 is 1.29 bits per heavy atom. The van der Waals surface area contributed by atoms with Gasteiger partial charge in [0.2, 0.25) is 0 Å². The maximum atomic E-state index is 11.0. The van der Waals surface area contributed by atoms with Gasteiger partial charge in [0.05, 0.1) is 17.9 Å². The van der Waals surface area contributed by atoms with Crippen LogP contribution in [0.4, 0.5) is 0 Å². The molecule has 1 rings (SSSR count). The van der Waals surface area contributed by atoms with E-state index in [2.05, 4.69) is 5.32 Å². The molecule has 0 saturated carbocycles. The fraction of sp³-hybridized carbons (Fsp3) is 0.500. The fourth-order valence-electron chi connectivity index (χ4n) is 1.57. The highest BCUT2D eigenvalue weighted by molar-refractivity contribution is 7.90. The lowest BCUT2D eigenvalue weighted by atomic mass is 9.93. The van der Waals surface area contributed by atoms with E-state index in [1.54, 1.807) is 0 Å². The molecule has 17 heavy (non-hydrogen) atoms. The van der Waals surface area contributed by atoms with E-state index < -0.39 is 15.4 Å². The minimum atomic E-state index is -2.98. The summed E-state index contributed by atoms with van der Waals surface area (Å²) in [7, 11) is -2.98. The summed E-state index contributed by atoms with van der Waals surface area (Å²) >= 11 is 0. The first-order valence-electron chi connectivity index (χ1n) is 5.46. The van der Waals surface area contributed by atoms with Crippen LogP contribution in [0.25, 0.3) is 0 Å². The van der Waals surface area contributed by atoms with Crippen molar-refractivity contribution in [2.24, 2.45) is 0 Å². The Morgan fingerprint density at radius 2 is 1.88 bits per heavy atom. The van der Waals surface area contributed by atoms with Crippen LogP contribution in [-0.2, 0) is 15.4 Å². The number of benzene rings is 1. The first-order chi connectivity index (χ1) is 7.87. The van der Waals surface area contributed by atoms with Gasteiger partial charge in [-0.3, -0.25) is 0 Å². The summed E-state index contributed by atoms with van der Waals surface area (Å²) < 4.78 is 22.1. The molecule has 0 spiro atoms. The van der Waals surface area contributed by atoms with Crippen molar-refractivity contribution in [2.75, 3.05) is 25.2 Å². The minimum Gasteiger partial charge on any atom is -0.394 e. The Hall–Kier alpha value is -0.910. The van der Waals surface area contributed by atoms with Gasteiger partial charge in [0.15, 0.2) is 0 Å². The first kappa shape index (κ1) is 14.2. The third-order valence-corrected chi connectivity index (χ3v) is 3.66. The molecule has 2 N–H and O–H groups in total. The summed E-state index contributed by atoms with van der Waals surface area (Å²) in [4.78, 5) is 0. The van der Waals surface area contributed by atoms with E-state index in [-0.39, 0.29) is 12.4 Å². The van der Waals surface area contributed by atoms with Gasteiger partial charge in [-0.25, -0.2) is 8.42 Å². The normalized spacial score (nSPS) is 15.5. The van der Waals surface area contributed by atoms with Gasteiger partial charge in [-0.2, -0.15) is 0 Å². The van der Waals surface area contributed by atoms with Gasteiger partial charge in [-0.15, -0.1) is 0 Å². The molecule has 0 fully saturated rings. The number of nitrogens with one attached hydrogen (secondary N) is 1. The Morgan fingerprint density at radius 3 is 2.35 bits per heavy atom. The van der Waals surface area contributed by atoms with E-state index in [9.17, 15) is 13.5 Å². The molecule has 4 nitrogen and oxygen atoms in total. The van der Waals surface area contributed by atoms with Crippen LogP contribution in [0, 0.1) is 0 Å². The van der Waals surface area contributed by atoms with Crippen molar-refractivity contribution in [3.8, 4) is 0 Å². The number of aliphatic hydroxyl groups excluding tert-OH is 1. The Labute approximate surface area is 103 Å². The van der Waals surface area contributed by atoms with Crippen molar-refractivity contribution in [3.63, 3.8) is 0 Å². The average Bonchev–Trinajstić information content (AvgIpc) is 2.28. The molecule has 1 aromatic carbocycles. The van der Waals surface area contributed by atoms with Crippen LogP contribution in [0.3, 0.4) is 0 Å². The fourth-order valence-corrected chi connectivity index (χ4v) is 2.04. The largest absolute Gasteiger partial charge is 0.394 e. The van der Waals surface area contributed by atoms with E-state index >= 15 is 0 Å². The second-order valence-corrected chi connectivity index (χ2v) is 6.67. The summed E-state index contributed by atoms with van der Waals surface area (Å²) in [6.45, 7) is 2.09. The zero-order valence-corrected chi connectivity index (χ0v) is 11.0. The van der Waals surface area contributed by atoms with Crippen LogP contribution in [0.2, 0.25) is 0 Å². The zero-order chi connectivity index (χ0) is 12.9. The third-order valence-electron chi connectivity index (χ3n) is 2.72. The second-order valence-electron chi connectivity index (χ2n) is 4.41. The number of hydrogen-bond acceptors (Lipinski definition) is 4. The molecule has 0 aliphatic rings. The maximum absolute atomic E-state index is 11.0. The lowest BCUT2D eigenvalue weighted by Gasteiger charge is -2.29.